The summed E-state index contributed by atoms with van der Waals surface area (Å²) in [4.78, 5) is 39.6. The van der Waals surface area contributed by atoms with Crippen LogP contribution in [0.1, 0.15) is 5.69 Å². The first-order valence-electron chi connectivity index (χ1n) is 6.33. The number of nitrogens with zero attached hydrogens (tertiary/aromatic N) is 2. The van der Waals surface area contributed by atoms with Crippen LogP contribution in [-0.4, -0.2) is 31.7 Å². The number of amides is 1. The first-order chi connectivity index (χ1) is 10.8. The molecule has 0 aliphatic carbocycles. The molecule has 10 heteroatoms. The van der Waals surface area contributed by atoms with Gasteiger partial charge in [0.25, 0.3) is 11.2 Å². The van der Waals surface area contributed by atoms with Crippen LogP contribution in [-0.2, 0) is 4.79 Å². The molecule has 3 N–H and O–H groups in total. The molecule has 1 amide bonds. The third-order valence-electron chi connectivity index (χ3n) is 2.65. The highest BCUT2D eigenvalue weighted by Gasteiger charge is 2.12. The largest absolute Gasteiger partial charge is 0.506 e. The molecule has 0 bridgehead atoms. The van der Waals surface area contributed by atoms with Crippen LogP contribution in [0.4, 0.5) is 11.4 Å². The predicted octanol–water partition coefficient (Wildman–Crippen LogP) is 1.42. The number of hydrogen-bond donors (Lipinski definition) is 3. The van der Waals surface area contributed by atoms with Crippen molar-refractivity contribution in [1.82, 2.24) is 9.97 Å². The number of aromatic nitrogens is 2. The molecule has 0 atom stereocenters. The van der Waals surface area contributed by atoms with Crippen molar-refractivity contribution in [3.05, 3.63) is 50.4 Å². The third-order valence-corrected chi connectivity index (χ3v) is 3.53. The summed E-state index contributed by atoms with van der Waals surface area (Å²) in [7, 11) is 0. The molecule has 1 aromatic heterocycles. The first-order valence-corrected chi connectivity index (χ1v) is 7.32. The number of nitrogens with one attached hydrogen (secondary N) is 2. The quantitative estimate of drug-likeness (QED) is 0.247. The maximum atomic E-state index is 11.8. The topological polar surface area (TPSA) is 138 Å². The van der Waals surface area contributed by atoms with Gasteiger partial charge in [0, 0.05) is 17.8 Å². The molecule has 0 aliphatic heterocycles. The molecular formula is C13H12N4O5S. The summed E-state index contributed by atoms with van der Waals surface area (Å²) in [6, 6.07) is 4.69. The Balaban J connectivity index is 1.99. The van der Waals surface area contributed by atoms with Gasteiger partial charge in [0.2, 0.25) is 5.91 Å². The molecular weight excluding hydrogens is 324 g/mol. The lowest BCUT2D eigenvalue weighted by atomic mass is 10.2. The lowest BCUT2D eigenvalue weighted by Gasteiger charge is -2.07. The molecule has 0 spiro atoms. The Morgan fingerprint density at radius 3 is 2.83 bits per heavy atom. The van der Waals surface area contributed by atoms with Gasteiger partial charge in [-0.3, -0.25) is 19.7 Å². The molecule has 0 saturated carbocycles. The second-order valence-electron chi connectivity index (χ2n) is 4.49. The summed E-state index contributed by atoms with van der Waals surface area (Å²) in [5.74, 6) is -0.911. The number of phenolic OH excluding ortho intramolecular Hbond substituents is 1. The number of aromatic hydroxyl groups is 1. The van der Waals surface area contributed by atoms with Gasteiger partial charge in [0.1, 0.15) is 5.75 Å². The van der Waals surface area contributed by atoms with E-state index in [1.807, 2.05) is 0 Å². The third kappa shape index (κ3) is 4.54. The number of nitro groups is 1. The number of nitro benzene ring substituents is 1. The Labute approximate surface area is 133 Å². The second kappa shape index (κ2) is 6.92. The van der Waals surface area contributed by atoms with Gasteiger partial charge < -0.3 is 15.4 Å². The van der Waals surface area contributed by atoms with E-state index in [1.54, 1.807) is 6.92 Å². The van der Waals surface area contributed by atoms with Crippen molar-refractivity contribution in [3.8, 4) is 5.75 Å². The summed E-state index contributed by atoms with van der Waals surface area (Å²) in [6.45, 7) is 1.66. The molecule has 1 aromatic carbocycles. The normalized spacial score (nSPS) is 10.3. The number of carbonyl (C=O) groups is 1. The molecule has 0 unspecified atom stereocenters. The fraction of sp³-hybridized carbons (Fsp3) is 0.154. The highest BCUT2D eigenvalue weighted by molar-refractivity contribution is 7.99. The summed E-state index contributed by atoms with van der Waals surface area (Å²) >= 11 is 1.02. The van der Waals surface area contributed by atoms with E-state index in [2.05, 4.69) is 15.3 Å². The smallest absolute Gasteiger partial charge is 0.273 e. The van der Waals surface area contributed by atoms with Crippen molar-refractivity contribution < 1.29 is 14.8 Å². The molecule has 0 saturated heterocycles. The Hall–Kier alpha value is -2.88. The zero-order valence-electron chi connectivity index (χ0n) is 11.9. The van der Waals surface area contributed by atoms with Gasteiger partial charge in [-0.2, -0.15) is 0 Å². The van der Waals surface area contributed by atoms with E-state index in [0.717, 1.165) is 17.8 Å². The highest BCUT2D eigenvalue weighted by atomic mass is 32.2. The highest BCUT2D eigenvalue weighted by Crippen LogP contribution is 2.28. The van der Waals surface area contributed by atoms with Gasteiger partial charge in [-0.1, -0.05) is 11.8 Å². The van der Waals surface area contributed by atoms with Crippen molar-refractivity contribution in [1.29, 1.82) is 0 Å². The van der Waals surface area contributed by atoms with Gasteiger partial charge >= 0.3 is 0 Å². The van der Waals surface area contributed by atoms with Gasteiger partial charge in [-0.15, -0.1) is 0 Å². The molecule has 0 aliphatic rings. The number of phenols is 1. The predicted molar refractivity (Wildman–Crippen MR) is 83.7 cm³/mol. The summed E-state index contributed by atoms with van der Waals surface area (Å²) < 4.78 is 0. The van der Waals surface area contributed by atoms with Crippen molar-refractivity contribution in [3.63, 3.8) is 0 Å². The van der Waals surface area contributed by atoms with Gasteiger partial charge in [0.05, 0.1) is 22.4 Å². The van der Waals surface area contributed by atoms with Crippen LogP contribution in [0.3, 0.4) is 0 Å². The van der Waals surface area contributed by atoms with Crippen LogP contribution < -0.4 is 10.9 Å². The van der Waals surface area contributed by atoms with Crippen LogP contribution in [0.2, 0.25) is 0 Å². The number of benzene rings is 1. The van der Waals surface area contributed by atoms with Crippen molar-refractivity contribution in [2.24, 2.45) is 0 Å². The molecule has 9 nitrogen and oxygen atoms in total. The summed E-state index contributed by atoms with van der Waals surface area (Å²) in [5.41, 5.74) is 0.00129. The van der Waals surface area contributed by atoms with E-state index in [0.29, 0.717) is 10.9 Å². The fourth-order valence-electron chi connectivity index (χ4n) is 1.68. The first kappa shape index (κ1) is 16.5. The number of anilines is 1. The van der Waals surface area contributed by atoms with Gasteiger partial charge in [0.15, 0.2) is 5.16 Å². The van der Waals surface area contributed by atoms with Crippen LogP contribution in [0.5, 0.6) is 5.75 Å². The van der Waals surface area contributed by atoms with Gasteiger partial charge in [-0.25, -0.2) is 4.98 Å². The van der Waals surface area contributed by atoms with Gasteiger partial charge in [-0.05, 0) is 13.0 Å². The maximum Gasteiger partial charge on any atom is 0.273 e. The Bertz CT molecular complexity index is 820. The Morgan fingerprint density at radius 1 is 1.48 bits per heavy atom. The number of H-pyrrole nitrogens is 1. The molecule has 0 radical (unpaired) electrons. The summed E-state index contributed by atoms with van der Waals surface area (Å²) in [5, 5.41) is 23.0. The zero-order valence-corrected chi connectivity index (χ0v) is 12.7. The minimum absolute atomic E-state index is 0.0528. The molecule has 0 fully saturated rings. The van der Waals surface area contributed by atoms with Crippen LogP contribution in [0, 0.1) is 17.0 Å². The van der Waals surface area contributed by atoms with E-state index < -0.39 is 16.6 Å². The molecule has 120 valence electrons. The van der Waals surface area contributed by atoms with E-state index in [-0.39, 0.29) is 22.7 Å². The van der Waals surface area contributed by atoms with E-state index in [9.17, 15) is 24.8 Å². The summed E-state index contributed by atoms with van der Waals surface area (Å²) in [6.07, 6.45) is 0. The van der Waals surface area contributed by atoms with Crippen molar-refractivity contribution >= 4 is 29.0 Å². The monoisotopic (exact) mass is 336 g/mol. The molecule has 2 aromatic rings. The number of non-ortho nitro benzene ring substituents is 1. The van der Waals surface area contributed by atoms with Crippen LogP contribution in [0.15, 0.2) is 34.2 Å². The lowest BCUT2D eigenvalue weighted by Crippen LogP contribution is -2.15. The number of rotatable bonds is 5. The Morgan fingerprint density at radius 2 is 2.22 bits per heavy atom. The zero-order chi connectivity index (χ0) is 17.0. The van der Waals surface area contributed by atoms with Crippen molar-refractivity contribution in [2.45, 2.75) is 12.1 Å². The minimum Gasteiger partial charge on any atom is -0.506 e. The molecule has 1 heterocycles. The number of hydrogen-bond acceptors (Lipinski definition) is 7. The number of thioether (sulfide) groups is 1. The number of aryl methyl sites for hydroxylation is 1. The van der Waals surface area contributed by atoms with Crippen LogP contribution >= 0.6 is 11.8 Å². The number of aromatic amines is 1. The van der Waals surface area contributed by atoms with Crippen LogP contribution in [0.25, 0.3) is 0 Å². The Kier molecular flexibility index (Phi) is 4.96. The van der Waals surface area contributed by atoms with Crippen molar-refractivity contribution in [2.75, 3.05) is 11.1 Å². The number of carbonyl (C=O) groups excluding carboxylic acids is 1. The average Bonchev–Trinajstić information content (AvgIpc) is 2.46. The lowest BCUT2D eigenvalue weighted by molar-refractivity contribution is -0.384. The van der Waals surface area contributed by atoms with E-state index >= 15 is 0 Å². The SMILES string of the molecule is Cc1cc(=O)[nH]c(SCC(=O)Nc2ccc([N+](=O)[O-])cc2O)n1. The molecule has 2 rings (SSSR count). The van der Waals surface area contributed by atoms with E-state index in [1.165, 1.54) is 18.2 Å². The standard InChI is InChI=1S/C13H12N4O5S/c1-7-4-11(19)16-13(14-7)23-6-12(20)15-9-3-2-8(17(21)22)5-10(9)18/h2-5,18H,6H2,1H3,(H,15,20)(H,14,16,19). The molecule has 23 heavy (non-hydrogen) atoms. The average molecular weight is 336 g/mol. The second-order valence-corrected chi connectivity index (χ2v) is 5.45. The maximum absolute atomic E-state index is 11.8. The minimum atomic E-state index is -0.652. The fourth-order valence-corrected chi connectivity index (χ4v) is 2.40. The van der Waals surface area contributed by atoms with E-state index in [4.69, 9.17) is 0 Å².